The van der Waals surface area contributed by atoms with E-state index in [1.165, 1.54) is 0 Å². The van der Waals surface area contributed by atoms with Gasteiger partial charge >= 0.3 is 0 Å². The van der Waals surface area contributed by atoms with E-state index in [0.717, 1.165) is 25.8 Å². The monoisotopic (exact) mass is 116 g/mol. The molecule has 3 N–H and O–H groups in total. The fraction of sp³-hybridized carbons (Fsp3) is 0.833. The molecule has 0 amide bonds. The second-order valence-corrected chi connectivity index (χ2v) is 1.73. The van der Waals surface area contributed by atoms with Gasteiger partial charge in [-0.3, -0.25) is 0 Å². The Balaban J connectivity index is 2.53. The van der Waals surface area contributed by atoms with Gasteiger partial charge in [0.2, 0.25) is 0 Å². The van der Waals surface area contributed by atoms with E-state index in [9.17, 15) is 0 Å². The number of nitrogens with two attached hydrogens (primary N) is 1. The molecule has 2 heteroatoms. The smallest absolute Gasteiger partial charge is 0.0433 e. The predicted molar refractivity (Wildman–Crippen MR) is 34.3 cm³/mol. The van der Waals surface area contributed by atoms with Crippen LogP contribution in [0.1, 0.15) is 19.3 Å². The molecule has 0 rings (SSSR count). The molecular weight excluding hydrogens is 102 g/mol. The summed E-state index contributed by atoms with van der Waals surface area (Å²) in [4.78, 5) is 0. The van der Waals surface area contributed by atoms with Crippen molar-refractivity contribution in [3.8, 4) is 0 Å². The number of aliphatic hydroxyl groups excluding tert-OH is 1. The second kappa shape index (κ2) is 6.92. The summed E-state index contributed by atoms with van der Waals surface area (Å²) in [7, 11) is 0. The first kappa shape index (κ1) is 7.92. The zero-order valence-corrected chi connectivity index (χ0v) is 5.14. The number of rotatable bonds is 5. The zero-order chi connectivity index (χ0) is 6.24. The number of hydrogen-bond acceptors (Lipinski definition) is 2. The third-order valence-corrected chi connectivity index (χ3v) is 0.946. The molecule has 0 unspecified atom stereocenters. The van der Waals surface area contributed by atoms with Crippen LogP contribution in [0, 0.1) is 6.42 Å². The van der Waals surface area contributed by atoms with Crippen LogP contribution in [-0.4, -0.2) is 18.3 Å². The van der Waals surface area contributed by atoms with Gasteiger partial charge in [-0.1, -0.05) is 0 Å². The molecule has 0 aromatic heterocycles. The molecule has 0 aliphatic rings. The first-order valence-corrected chi connectivity index (χ1v) is 3.04. The lowest BCUT2D eigenvalue weighted by Gasteiger charge is -1.93. The highest BCUT2D eigenvalue weighted by Crippen LogP contribution is 1.94. The van der Waals surface area contributed by atoms with Crippen molar-refractivity contribution in [2.24, 2.45) is 5.73 Å². The summed E-state index contributed by atoms with van der Waals surface area (Å²) in [5.74, 6) is 0. The van der Waals surface area contributed by atoms with E-state index in [4.69, 9.17) is 10.8 Å². The van der Waals surface area contributed by atoms with E-state index in [-0.39, 0.29) is 6.61 Å². The minimum Gasteiger partial charge on any atom is -0.396 e. The maximum Gasteiger partial charge on any atom is 0.0433 e. The van der Waals surface area contributed by atoms with Crippen LogP contribution in [0.25, 0.3) is 0 Å². The summed E-state index contributed by atoms with van der Waals surface area (Å²) < 4.78 is 0. The highest BCUT2D eigenvalue weighted by Gasteiger charge is 1.84. The average Bonchev–Trinajstić information content (AvgIpc) is 1.81. The van der Waals surface area contributed by atoms with Gasteiger partial charge in [0, 0.05) is 6.61 Å². The molecule has 2 nitrogen and oxygen atoms in total. The van der Waals surface area contributed by atoms with Crippen LogP contribution >= 0.6 is 0 Å². The molecule has 0 fully saturated rings. The number of aliphatic hydroxyl groups is 1. The quantitative estimate of drug-likeness (QED) is 0.508. The summed E-state index contributed by atoms with van der Waals surface area (Å²) in [5.41, 5.74) is 5.23. The number of hydrogen-bond donors (Lipinski definition) is 2. The average molecular weight is 116 g/mol. The molecule has 0 aromatic rings. The molecule has 0 bridgehead atoms. The van der Waals surface area contributed by atoms with Gasteiger partial charge in [0.05, 0.1) is 0 Å². The first-order chi connectivity index (χ1) is 3.91. The lowest BCUT2D eigenvalue weighted by molar-refractivity contribution is 0.296. The summed E-state index contributed by atoms with van der Waals surface area (Å²) in [5, 5.41) is 8.30. The van der Waals surface area contributed by atoms with Crippen molar-refractivity contribution >= 4 is 0 Å². The van der Waals surface area contributed by atoms with Gasteiger partial charge in [0.25, 0.3) is 0 Å². The van der Waals surface area contributed by atoms with Crippen molar-refractivity contribution in [2.45, 2.75) is 19.3 Å². The van der Waals surface area contributed by atoms with Crippen LogP contribution in [0.3, 0.4) is 0 Å². The maximum atomic E-state index is 8.30. The summed E-state index contributed by atoms with van der Waals surface area (Å²) in [6.45, 7) is 1.02. The van der Waals surface area contributed by atoms with Crippen LogP contribution in [0.15, 0.2) is 0 Å². The summed E-state index contributed by atoms with van der Waals surface area (Å²) in [6.07, 6.45) is 4.95. The fourth-order valence-electron chi connectivity index (χ4n) is 0.498. The van der Waals surface area contributed by atoms with Crippen molar-refractivity contribution in [1.82, 2.24) is 0 Å². The Morgan fingerprint density at radius 3 is 2.62 bits per heavy atom. The van der Waals surface area contributed by atoms with Crippen LogP contribution in [0.5, 0.6) is 0 Å². The highest BCUT2D eigenvalue weighted by atomic mass is 16.2. The molecule has 0 heterocycles. The van der Waals surface area contributed by atoms with Crippen LogP contribution in [0.2, 0.25) is 0 Å². The largest absolute Gasteiger partial charge is 0.396 e. The van der Waals surface area contributed by atoms with Gasteiger partial charge < -0.3 is 10.8 Å². The van der Waals surface area contributed by atoms with E-state index in [0.29, 0.717) is 0 Å². The molecule has 0 atom stereocenters. The number of unbranched alkanes of at least 4 members (excludes halogenated alkanes) is 3. The van der Waals surface area contributed by atoms with E-state index < -0.39 is 0 Å². The van der Waals surface area contributed by atoms with Crippen LogP contribution < -0.4 is 5.73 Å². The summed E-state index contributed by atoms with van der Waals surface area (Å²) >= 11 is 0. The van der Waals surface area contributed by atoms with Crippen LogP contribution in [-0.2, 0) is 0 Å². The second-order valence-electron chi connectivity index (χ2n) is 1.73. The van der Waals surface area contributed by atoms with Crippen molar-refractivity contribution in [1.29, 1.82) is 0 Å². The Morgan fingerprint density at radius 2 is 2.12 bits per heavy atom. The molecular formula is C6H14NO. The normalized spacial score (nSPS) is 9.75. The fourth-order valence-corrected chi connectivity index (χ4v) is 0.498. The molecule has 0 saturated heterocycles. The van der Waals surface area contributed by atoms with Crippen molar-refractivity contribution in [2.75, 3.05) is 13.2 Å². The van der Waals surface area contributed by atoms with Crippen LogP contribution in [0.4, 0.5) is 0 Å². The van der Waals surface area contributed by atoms with Gasteiger partial charge in [-0.15, -0.1) is 0 Å². The molecule has 0 aliphatic heterocycles. The highest BCUT2D eigenvalue weighted by molar-refractivity contribution is 4.62. The Bertz CT molecular complexity index is 33.5. The Morgan fingerprint density at radius 1 is 1.38 bits per heavy atom. The molecule has 0 aliphatic carbocycles. The van der Waals surface area contributed by atoms with Crippen molar-refractivity contribution < 1.29 is 5.11 Å². The maximum absolute atomic E-state index is 8.30. The van der Waals surface area contributed by atoms with Gasteiger partial charge in [-0.05, 0) is 32.2 Å². The van der Waals surface area contributed by atoms with Gasteiger partial charge in [0.15, 0.2) is 0 Å². The SMILES string of the molecule is NCCC[CH]CCO. The standard InChI is InChI=1S/C6H14NO/c7-5-3-1-2-4-6-8/h2,8H,1,3-7H2. The van der Waals surface area contributed by atoms with Gasteiger partial charge in [0.1, 0.15) is 0 Å². The molecule has 1 radical (unpaired) electrons. The van der Waals surface area contributed by atoms with Gasteiger partial charge in [-0.25, -0.2) is 0 Å². The topological polar surface area (TPSA) is 46.2 Å². The Hall–Kier alpha value is -0.0800. The molecule has 0 aromatic carbocycles. The first-order valence-electron chi connectivity index (χ1n) is 3.04. The van der Waals surface area contributed by atoms with E-state index >= 15 is 0 Å². The predicted octanol–water partition coefficient (Wildman–Crippen LogP) is 0.312. The van der Waals surface area contributed by atoms with E-state index in [2.05, 4.69) is 6.42 Å². The zero-order valence-electron chi connectivity index (χ0n) is 5.14. The van der Waals surface area contributed by atoms with Crippen molar-refractivity contribution in [3.63, 3.8) is 0 Å². The van der Waals surface area contributed by atoms with E-state index in [1.54, 1.807) is 0 Å². The lowest BCUT2D eigenvalue weighted by atomic mass is 10.2. The molecule has 0 saturated carbocycles. The molecule has 8 heavy (non-hydrogen) atoms. The summed E-state index contributed by atoms with van der Waals surface area (Å²) in [6, 6.07) is 0. The lowest BCUT2D eigenvalue weighted by Crippen LogP contribution is -1.98. The minimum absolute atomic E-state index is 0.268. The van der Waals surface area contributed by atoms with E-state index in [1.807, 2.05) is 0 Å². The Labute approximate surface area is 50.7 Å². The third kappa shape index (κ3) is 5.92. The molecule has 0 spiro atoms. The molecule has 49 valence electrons. The third-order valence-electron chi connectivity index (χ3n) is 0.946. The van der Waals surface area contributed by atoms with Crippen molar-refractivity contribution in [3.05, 3.63) is 6.42 Å². The van der Waals surface area contributed by atoms with Gasteiger partial charge in [-0.2, -0.15) is 0 Å². The Kier molecular flexibility index (Phi) is 6.85. The minimum atomic E-state index is 0.268.